The van der Waals surface area contributed by atoms with Crippen LogP contribution in [0.4, 0.5) is 0 Å². The van der Waals surface area contributed by atoms with Crippen LogP contribution in [-0.2, 0) is 0 Å². The SMILES string of the molecule is COc1ccc(C(Cl)c2ccc(C)cc2Cl)cc1Cl. The first kappa shape index (κ1) is 14.5. The molecular weight excluding hydrogens is 303 g/mol. The number of hydrogen-bond donors (Lipinski definition) is 0. The van der Waals surface area contributed by atoms with Gasteiger partial charge in [-0.05, 0) is 41.8 Å². The molecule has 4 heteroatoms. The zero-order chi connectivity index (χ0) is 14.0. The van der Waals surface area contributed by atoms with Gasteiger partial charge in [0, 0.05) is 5.02 Å². The van der Waals surface area contributed by atoms with E-state index in [0.717, 1.165) is 16.7 Å². The monoisotopic (exact) mass is 314 g/mol. The molecule has 0 aliphatic rings. The van der Waals surface area contributed by atoms with Crippen LogP contribution < -0.4 is 4.74 Å². The van der Waals surface area contributed by atoms with E-state index in [0.29, 0.717) is 15.8 Å². The predicted octanol–water partition coefficient (Wildman–Crippen LogP) is 5.64. The summed E-state index contributed by atoms with van der Waals surface area (Å²) in [5.74, 6) is 0.629. The third kappa shape index (κ3) is 3.17. The number of halogens is 3. The Hall–Kier alpha value is -0.890. The molecule has 0 fully saturated rings. The van der Waals surface area contributed by atoms with E-state index in [1.54, 1.807) is 19.2 Å². The molecule has 2 aromatic rings. The Labute approximate surface area is 128 Å². The Balaban J connectivity index is 2.38. The summed E-state index contributed by atoms with van der Waals surface area (Å²) < 4.78 is 5.12. The molecule has 0 N–H and O–H groups in total. The predicted molar refractivity (Wildman–Crippen MR) is 81.9 cm³/mol. The number of benzene rings is 2. The lowest BCUT2D eigenvalue weighted by molar-refractivity contribution is 0.415. The fourth-order valence-corrected chi connectivity index (χ4v) is 2.85. The highest BCUT2D eigenvalue weighted by atomic mass is 35.5. The van der Waals surface area contributed by atoms with E-state index in [2.05, 4.69) is 0 Å². The number of alkyl halides is 1. The van der Waals surface area contributed by atoms with E-state index in [-0.39, 0.29) is 5.38 Å². The maximum absolute atomic E-state index is 6.47. The van der Waals surface area contributed by atoms with Crippen molar-refractivity contribution < 1.29 is 4.74 Å². The van der Waals surface area contributed by atoms with Crippen molar-refractivity contribution in [1.82, 2.24) is 0 Å². The van der Waals surface area contributed by atoms with E-state index in [4.69, 9.17) is 39.5 Å². The fourth-order valence-electron chi connectivity index (χ4n) is 1.86. The first-order valence-corrected chi connectivity index (χ1v) is 6.95. The van der Waals surface area contributed by atoms with Crippen molar-refractivity contribution in [2.45, 2.75) is 12.3 Å². The van der Waals surface area contributed by atoms with Crippen LogP contribution in [0.3, 0.4) is 0 Å². The van der Waals surface area contributed by atoms with E-state index >= 15 is 0 Å². The van der Waals surface area contributed by atoms with Gasteiger partial charge in [-0.3, -0.25) is 0 Å². The Bertz CT molecular complexity index is 596. The minimum atomic E-state index is -0.337. The summed E-state index contributed by atoms with van der Waals surface area (Å²) in [5.41, 5.74) is 2.86. The van der Waals surface area contributed by atoms with Gasteiger partial charge in [-0.2, -0.15) is 0 Å². The first-order valence-electron chi connectivity index (χ1n) is 5.76. The molecule has 0 heterocycles. The molecule has 0 aliphatic carbocycles. The topological polar surface area (TPSA) is 9.23 Å². The number of rotatable bonds is 3. The van der Waals surface area contributed by atoms with Gasteiger partial charge in [0.1, 0.15) is 5.75 Å². The smallest absolute Gasteiger partial charge is 0.137 e. The first-order chi connectivity index (χ1) is 9.02. The normalized spacial score (nSPS) is 12.3. The van der Waals surface area contributed by atoms with Crippen LogP contribution in [0.5, 0.6) is 5.75 Å². The van der Waals surface area contributed by atoms with Gasteiger partial charge in [-0.1, -0.05) is 41.4 Å². The van der Waals surface area contributed by atoms with Crippen molar-refractivity contribution >= 4 is 34.8 Å². The quantitative estimate of drug-likeness (QED) is 0.666. The molecule has 100 valence electrons. The summed E-state index contributed by atoms with van der Waals surface area (Å²) in [4.78, 5) is 0. The largest absolute Gasteiger partial charge is 0.495 e. The summed E-state index contributed by atoms with van der Waals surface area (Å²) in [6.07, 6.45) is 0. The van der Waals surface area contributed by atoms with Gasteiger partial charge in [-0.15, -0.1) is 11.6 Å². The molecule has 19 heavy (non-hydrogen) atoms. The third-order valence-corrected chi connectivity index (χ3v) is 4.01. The maximum Gasteiger partial charge on any atom is 0.137 e. The molecule has 0 saturated carbocycles. The van der Waals surface area contributed by atoms with Crippen molar-refractivity contribution in [3.05, 3.63) is 63.1 Å². The molecule has 1 nitrogen and oxygen atoms in total. The molecule has 2 aromatic carbocycles. The van der Waals surface area contributed by atoms with Gasteiger partial charge >= 0.3 is 0 Å². The van der Waals surface area contributed by atoms with Gasteiger partial charge < -0.3 is 4.74 Å². The van der Waals surface area contributed by atoms with Crippen LogP contribution in [-0.4, -0.2) is 7.11 Å². The van der Waals surface area contributed by atoms with Crippen LogP contribution >= 0.6 is 34.8 Å². The van der Waals surface area contributed by atoms with Gasteiger partial charge in [0.25, 0.3) is 0 Å². The van der Waals surface area contributed by atoms with E-state index in [9.17, 15) is 0 Å². The molecular formula is C15H13Cl3O. The summed E-state index contributed by atoms with van der Waals surface area (Å²) in [7, 11) is 1.58. The second kappa shape index (κ2) is 6.04. The average Bonchev–Trinajstić information content (AvgIpc) is 2.38. The van der Waals surface area contributed by atoms with Gasteiger partial charge in [0.05, 0.1) is 17.5 Å². The highest BCUT2D eigenvalue weighted by Gasteiger charge is 2.15. The van der Waals surface area contributed by atoms with Crippen molar-refractivity contribution in [2.75, 3.05) is 7.11 Å². The van der Waals surface area contributed by atoms with Crippen LogP contribution in [0.1, 0.15) is 22.1 Å². The lowest BCUT2D eigenvalue weighted by atomic mass is 10.0. The Morgan fingerprint density at radius 1 is 1.00 bits per heavy atom. The summed E-state index contributed by atoms with van der Waals surface area (Å²) >= 11 is 18.8. The zero-order valence-corrected chi connectivity index (χ0v) is 12.9. The molecule has 0 aliphatic heterocycles. The number of ether oxygens (including phenoxy) is 1. The highest BCUT2D eigenvalue weighted by Crippen LogP contribution is 2.36. The fraction of sp³-hybridized carbons (Fsp3) is 0.200. The average molecular weight is 316 g/mol. The lowest BCUT2D eigenvalue weighted by Gasteiger charge is -2.14. The minimum Gasteiger partial charge on any atom is -0.495 e. The van der Waals surface area contributed by atoms with Gasteiger partial charge in [0.15, 0.2) is 0 Å². The molecule has 0 saturated heterocycles. The lowest BCUT2D eigenvalue weighted by Crippen LogP contribution is -1.96. The Morgan fingerprint density at radius 2 is 1.74 bits per heavy atom. The molecule has 1 unspecified atom stereocenters. The summed E-state index contributed by atoms with van der Waals surface area (Å²) in [5, 5.41) is 0.859. The highest BCUT2D eigenvalue weighted by molar-refractivity contribution is 6.33. The molecule has 0 radical (unpaired) electrons. The number of methoxy groups -OCH3 is 1. The molecule has 0 aromatic heterocycles. The van der Waals surface area contributed by atoms with Crippen LogP contribution in [0.2, 0.25) is 10.0 Å². The van der Waals surface area contributed by atoms with Crippen molar-refractivity contribution in [1.29, 1.82) is 0 Å². The summed E-state index contributed by atoms with van der Waals surface area (Å²) in [6.45, 7) is 1.99. The molecule has 0 spiro atoms. The van der Waals surface area contributed by atoms with E-state index < -0.39 is 0 Å². The third-order valence-electron chi connectivity index (χ3n) is 2.90. The minimum absolute atomic E-state index is 0.337. The summed E-state index contributed by atoms with van der Waals surface area (Å²) in [6, 6.07) is 11.3. The second-order valence-corrected chi connectivity index (χ2v) is 5.53. The van der Waals surface area contributed by atoms with Crippen molar-refractivity contribution in [3.8, 4) is 5.75 Å². The van der Waals surface area contributed by atoms with Gasteiger partial charge in [0.2, 0.25) is 0 Å². The Morgan fingerprint density at radius 3 is 2.32 bits per heavy atom. The zero-order valence-electron chi connectivity index (χ0n) is 10.6. The van der Waals surface area contributed by atoms with E-state index in [1.807, 2.05) is 31.2 Å². The van der Waals surface area contributed by atoms with Crippen molar-refractivity contribution in [2.24, 2.45) is 0 Å². The molecule has 0 amide bonds. The van der Waals surface area contributed by atoms with Crippen molar-refractivity contribution in [3.63, 3.8) is 0 Å². The van der Waals surface area contributed by atoms with Crippen LogP contribution in [0.15, 0.2) is 36.4 Å². The standard InChI is InChI=1S/C15H13Cl3O/c1-9-3-5-11(12(16)7-9)15(18)10-4-6-14(19-2)13(17)8-10/h3-8,15H,1-2H3. The van der Waals surface area contributed by atoms with Crippen LogP contribution in [0.25, 0.3) is 0 Å². The molecule has 1 atom stereocenters. The maximum atomic E-state index is 6.47. The molecule has 0 bridgehead atoms. The molecule has 2 rings (SSSR count). The van der Waals surface area contributed by atoms with Crippen LogP contribution in [0, 0.1) is 6.92 Å². The number of hydrogen-bond acceptors (Lipinski definition) is 1. The van der Waals surface area contributed by atoms with E-state index in [1.165, 1.54) is 0 Å². The van der Waals surface area contributed by atoms with Gasteiger partial charge in [-0.25, -0.2) is 0 Å². The second-order valence-electron chi connectivity index (χ2n) is 4.28. The Kier molecular flexibility index (Phi) is 4.62. The number of aryl methyl sites for hydroxylation is 1.